The van der Waals surface area contributed by atoms with Crippen molar-refractivity contribution in [3.8, 4) is 0 Å². The lowest BCUT2D eigenvalue weighted by Crippen LogP contribution is -2.34. The van der Waals surface area contributed by atoms with Gasteiger partial charge in [-0.1, -0.05) is 30.8 Å². The molecular formula is C17H13N3S. The topological polar surface area (TPSA) is 18.8 Å². The van der Waals surface area contributed by atoms with Crippen molar-refractivity contribution in [2.45, 2.75) is 6.17 Å². The third-order valence-corrected chi connectivity index (χ3v) is 5.54. The summed E-state index contributed by atoms with van der Waals surface area (Å²) in [4.78, 5) is 2.25. The van der Waals surface area contributed by atoms with Gasteiger partial charge in [0.2, 0.25) is 0 Å². The molecule has 2 aliphatic rings. The quantitative estimate of drug-likeness (QED) is 0.621. The molecule has 0 spiro atoms. The number of hydrogen-bond acceptors (Lipinski definition) is 4. The van der Waals surface area contributed by atoms with Crippen molar-refractivity contribution in [2.75, 3.05) is 11.9 Å². The molecule has 0 saturated carbocycles. The highest BCUT2D eigenvalue weighted by Crippen LogP contribution is 2.49. The summed E-state index contributed by atoms with van der Waals surface area (Å²) in [5.74, 6) is 0. The molecule has 0 fully saturated rings. The van der Waals surface area contributed by atoms with Crippen LogP contribution in [0.2, 0.25) is 0 Å². The second-order valence-electron chi connectivity index (χ2n) is 5.54. The Hall–Kier alpha value is -2.33. The summed E-state index contributed by atoms with van der Waals surface area (Å²) >= 11 is 1.85. The molecular weight excluding hydrogens is 278 g/mol. The van der Waals surface area contributed by atoms with Gasteiger partial charge in [0.25, 0.3) is 0 Å². The number of nitrogens with zero attached hydrogens (tertiary/aromatic N) is 3. The Bertz CT molecular complexity index is 953. The van der Waals surface area contributed by atoms with Crippen molar-refractivity contribution in [3.05, 3.63) is 48.5 Å². The number of benzene rings is 2. The zero-order valence-electron chi connectivity index (χ0n) is 11.6. The summed E-state index contributed by atoms with van der Waals surface area (Å²) in [7, 11) is 2.00. The Labute approximate surface area is 126 Å². The van der Waals surface area contributed by atoms with Crippen molar-refractivity contribution in [2.24, 2.45) is 5.10 Å². The Morgan fingerprint density at radius 2 is 2.00 bits per heavy atom. The molecule has 2 aromatic carbocycles. The van der Waals surface area contributed by atoms with E-state index in [9.17, 15) is 0 Å². The average Bonchev–Trinajstić information content (AvgIpc) is 3.13. The minimum Gasteiger partial charge on any atom is -0.303 e. The van der Waals surface area contributed by atoms with Crippen LogP contribution >= 0.6 is 11.3 Å². The van der Waals surface area contributed by atoms with Gasteiger partial charge in [0.05, 0.1) is 5.69 Å². The van der Waals surface area contributed by atoms with Crippen molar-refractivity contribution in [3.63, 3.8) is 0 Å². The SMILES string of the molecule is C=C1c2ccc3sc4ccccc4c3c2N2C=NN(C)[C@@H]12. The van der Waals surface area contributed by atoms with Crippen LogP contribution in [0.4, 0.5) is 5.69 Å². The zero-order valence-corrected chi connectivity index (χ0v) is 12.4. The van der Waals surface area contributed by atoms with Gasteiger partial charge in [0.15, 0.2) is 0 Å². The molecule has 3 heterocycles. The van der Waals surface area contributed by atoms with Crippen LogP contribution in [-0.4, -0.2) is 24.6 Å². The highest BCUT2D eigenvalue weighted by molar-refractivity contribution is 7.26. The van der Waals surface area contributed by atoms with Crippen LogP contribution in [0.25, 0.3) is 25.7 Å². The molecule has 0 saturated heterocycles. The molecule has 3 aromatic rings. The minimum absolute atomic E-state index is 0.129. The fourth-order valence-electron chi connectivity index (χ4n) is 3.48. The maximum absolute atomic E-state index is 4.42. The number of rotatable bonds is 0. The van der Waals surface area contributed by atoms with E-state index in [2.05, 4.69) is 53.0 Å². The normalized spacial score (nSPS) is 19.9. The molecule has 1 aromatic heterocycles. The van der Waals surface area contributed by atoms with Crippen LogP contribution in [0.3, 0.4) is 0 Å². The minimum atomic E-state index is 0.129. The van der Waals surface area contributed by atoms with Gasteiger partial charge < -0.3 is 4.90 Å². The first-order valence-corrected chi connectivity index (χ1v) is 7.76. The van der Waals surface area contributed by atoms with E-state index in [1.54, 1.807) is 0 Å². The Balaban J connectivity index is 1.95. The first-order chi connectivity index (χ1) is 10.3. The van der Waals surface area contributed by atoms with Crippen molar-refractivity contribution in [1.29, 1.82) is 0 Å². The lowest BCUT2D eigenvalue weighted by Gasteiger charge is -2.21. The molecule has 3 nitrogen and oxygen atoms in total. The first-order valence-electron chi connectivity index (χ1n) is 6.94. The van der Waals surface area contributed by atoms with Crippen LogP contribution in [0.5, 0.6) is 0 Å². The number of thiophene rings is 1. The molecule has 0 aliphatic carbocycles. The Morgan fingerprint density at radius 3 is 2.90 bits per heavy atom. The fraction of sp³-hybridized carbons (Fsp3) is 0.118. The van der Waals surface area contributed by atoms with Crippen LogP contribution in [-0.2, 0) is 0 Å². The van der Waals surface area contributed by atoms with Gasteiger partial charge in [0.1, 0.15) is 12.5 Å². The van der Waals surface area contributed by atoms with Crippen LogP contribution in [0.15, 0.2) is 48.1 Å². The van der Waals surface area contributed by atoms with Crippen molar-refractivity contribution >= 4 is 49.1 Å². The van der Waals surface area contributed by atoms with Gasteiger partial charge >= 0.3 is 0 Å². The highest BCUT2D eigenvalue weighted by Gasteiger charge is 2.39. The van der Waals surface area contributed by atoms with Crippen LogP contribution < -0.4 is 4.90 Å². The van der Waals surface area contributed by atoms with Gasteiger partial charge in [-0.2, -0.15) is 5.10 Å². The Kier molecular flexibility index (Phi) is 1.97. The molecule has 0 unspecified atom stereocenters. The maximum Gasteiger partial charge on any atom is 0.149 e. The lowest BCUT2D eigenvalue weighted by atomic mass is 10.0. The fourth-order valence-corrected chi connectivity index (χ4v) is 4.59. The van der Waals surface area contributed by atoms with E-state index < -0.39 is 0 Å². The number of hydrogen-bond donors (Lipinski definition) is 0. The van der Waals surface area contributed by atoms with Gasteiger partial charge in [-0.05, 0) is 17.7 Å². The largest absolute Gasteiger partial charge is 0.303 e. The molecule has 4 heteroatoms. The summed E-state index contributed by atoms with van der Waals surface area (Å²) in [5, 5.41) is 9.05. The lowest BCUT2D eigenvalue weighted by molar-refractivity contribution is 0.343. The molecule has 5 rings (SSSR count). The Morgan fingerprint density at radius 1 is 1.14 bits per heavy atom. The van der Waals surface area contributed by atoms with E-state index in [1.807, 2.05) is 29.7 Å². The predicted octanol–water partition coefficient (Wildman–Crippen LogP) is 4.10. The van der Waals surface area contributed by atoms with E-state index >= 15 is 0 Å². The van der Waals surface area contributed by atoms with E-state index in [0.717, 1.165) is 5.57 Å². The summed E-state index contributed by atoms with van der Waals surface area (Å²) in [5.41, 5.74) is 3.63. The first kappa shape index (κ1) is 11.3. The summed E-state index contributed by atoms with van der Waals surface area (Å²) in [6, 6.07) is 13.0. The second kappa shape index (κ2) is 3.65. The van der Waals surface area contributed by atoms with Gasteiger partial charge in [-0.3, -0.25) is 5.01 Å². The summed E-state index contributed by atoms with van der Waals surface area (Å²) in [6.45, 7) is 4.30. The van der Waals surface area contributed by atoms with Crippen molar-refractivity contribution in [1.82, 2.24) is 5.01 Å². The van der Waals surface area contributed by atoms with Gasteiger partial charge in [0, 0.05) is 32.8 Å². The van der Waals surface area contributed by atoms with Gasteiger partial charge in [-0.25, -0.2) is 0 Å². The van der Waals surface area contributed by atoms with E-state index in [0.29, 0.717) is 0 Å². The number of likely N-dealkylation sites (N-methyl/N-ethyl adjacent to an activating group) is 1. The number of hydrazone groups is 1. The molecule has 0 amide bonds. The molecule has 2 aliphatic heterocycles. The van der Waals surface area contributed by atoms with Crippen LogP contribution in [0.1, 0.15) is 5.56 Å². The molecule has 0 radical (unpaired) electrons. The third-order valence-electron chi connectivity index (χ3n) is 4.41. The molecule has 1 atom stereocenters. The van der Waals surface area contributed by atoms with E-state index in [-0.39, 0.29) is 6.17 Å². The summed E-state index contributed by atoms with van der Waals surface area (Å²) < 4.78 is 2.66. The molecule has 0 N–H and O–H groups in total. The van der Waals surface area contributed by atoms with E-state index in [1.165, 1.54) is 31.4 Å². The molecule has 21 heavy (non-hydrogen) atoms. The maximum atomic E-state index is 4.42. The molecule has 0 bridgehead atoms. The highest BCUT2D eigenvalue weighted by atomic mass is 32.1. The second-order valence-corrected chi connectivity index (χ2v) is 6.63. The van der Waals surface area contributed by atoms with Gasteiger partial charge in [-0.15, -0.1) is 11.3 Å². The monoisotopic (exact) mass is 291 g/mol. The predicted molar refractivity (Wildman–Crippen MR) is 90.9 cm³/mol. The van der Waals surface area contributed by atoms with Crippen molar-refractivity contribution < 1.29 is 0 Å². The molecule has 102 valence electrons. The van der Waals surface area contributed by atoms with Crippen LogP contribution in [0, 0.1) is 0 Å². The smallest absolute Gasteiger partial charge is 0.149 e. The van der Waals surface area contributed by atoms with E-state index in [4.69, 9.17) is 0 Å². The third kappa shape index (κ3) is 1.26. The number of fused-ring (bicyclic) bond motifs is 7. The number of anilines is 1. The summed E-state index contributed by atoms with van der Waals surface area (Å²) in [6.07, 6.45) is 2.05. The zero-order chi connectivity index (χ0) is 14.1. The standard InChI is InChI=1S/C17H13N3S/c1-10-11-7-8-14-15(12-5-3-4-6-13(12)21-14)16(11)20-9-18-19(2)17(10)20/h3-9,17H,1H2,2H3/t17-/m1/s1. The average molecular weight is 291 g/mol.